The topological polar surface area (TPSA) is 113 Å². The first-order valence-electron chi connectivity index (χ1n) is 6.95. The van der Waals surface area contributed by atoms with Crippen LogP contribution < -0.4 is 21.9 Å². The van der Waals surface area contributed by atoms with Crippen LogP contribution >= 0.6 is 0 Å². The average Bonchev–Trinajstić information content (AvgIpc) is 2.58. The Labute approximate surface area is 137 Å². The van der Waals surface area contributed by atoms with E-state index in [1.165, 1.54) is 30.3 Å². The molecule has 124 valence electrons. The van der Waals surface area contributed by atoms with Gasteiger partial charge in [0.15, 0.2) is 0 Å². The molecule has 7 nitrogen and oxygen atoms in total. The Morgan fingerprint density at radius 1 is 0.917 bits per heavy atom. The first kappa shape index (κ1) is 16.9. The van der Waals surface area contributed by atoms with E-state index in [9.17, 15) is 18.8 Å². The van der Waals surface area contributed by atoms with Crippen molar-refractivity contribution in [1.29, 1.82) is 0 Å². The van der Waals surface area contributed by atoms with Crippen molar-refractivity contribution >= 4 is 17.8 Å². The van der Waals surface area contributed by atoms with Crippen molar-refractivity contribution in [2.75, 3.05) is 0 Å². The maximum Gasteiger partial charge on any atom is 0.312 e. The summed E-state index contributed by atoms with van der Waals surface area (Å²) in [6.45, 7) is 0.237. The van der Waals surface area contributed by atoms with Gasteiger partial charge < -0.3 is 11.1 Å². The van der Waals surface area contributed by atoms with Gasteiger partial charge in [0, 0.05) is 12.1 Å². The van der Waals surface area contributed by atoms with E-state index in [2.05, 4.69) is 16.2 Å². The number of hydrogen-bond acceptors (Lipinski definition) is 3. The molecule has 0 saturated heterocycles. The lowest BCUT2D eigenvalue weighted by Gasteiger charge is -2.08. The molecule has 24 heavy (non-hydrogen) atoms. The molecule has 2 aromatic carbocycles. The number of hydrazine groups is 1. The first-order valence-corrected chi connectivity index (χ1v) is 6.95. The smallest absolute Gasteiger partial charge is 0.312 e. The van der Waals surface area contributed by atoms with Crippen molar-refractivity contribution in [3.8, 4) is 0 Å². The number of carbonyl (C=O) groups excluding carboxylic acids is 3. The van der Waals surface area contributed by atoms with E-state index in [1.54, 1.807) is 12.1 Å². The Bertz CT molecular complexity index is 762. The summed E-state index contributed by atoms with van der Waals surface area (Å²) in [5.74, 6) is -2.01. The summed E-state index contributed by atoms with van der Waals surface area (Å²) in [7, 11) is 0. The Balaban J connectivity index is 1.91. The van der Waals surface area contributed by atoms with Crippen LogP contribution in [0.25, 0.3) is 0 Å². The van der Waals surface area contributed by atoms with Gasteiger partial charge in [-0.15, -0.1) is 0 Å². The minimum Gasteiger partial charge on any atom is -0.352 e. The van der Waals surface area contributed by atoms with Crippen LogP contribution in [0.3, 0.4) is 0 Å². The number of carbonyl (C=O) groups is 3. The SMILES string of the molecule is NC(=O)NCc1ccc(C(=O)NNC(=O)c2ccccc2F)cc1. The molecule has 0 atom stereocenters. The average molecular weight is 330 g/mol. The van der Waals surface area contributed by atoms with Gasteiger partial charge in [-0.3, -0.25) is 20.4 Å². The summed E-state index contributed by atoms with van der Waals surface area (Å²) >= 11 is 0. The highest BCUT2D eigenvalue weighted by atomic mass is 19.1. The van der Waals surface area contributed by atoms with Gasteiger partial charge in [-0.1, -0.05) is 24.3 Å². The van der Waals surface area contributed by atoms with Crippen LogP contribution in [0, 0.1) is 5.82 Å². The molecule has 0 aliphatic heterocycles. The lowest BCUT2D eigenvalue weighted by molar-refractivity contribution is 0.0844. The van der Waals surface area contributed by atoms with Gasteiger partial charge in [0.1, 0.15) is 5.82 Å². The molecule has 8 heteroatoms. The van der Waals surface area contributed by atoms with E-state index in [0.29, 0.717) is 0 Å². The van der Waals surface area contributed by atoms with Crippen LogP contribution in [0.1, 0.15) is 26.3 Å². The van der Waals surface area contributed by atoms with Crippen molar-refractivity contribution < 1.29 is 18.8 Å². The Morgan fingerprint density at radius 2 is 1.54 bits per heavy atom. The summed E-state index contributed by atoms with van der Waals surface area (Å²) in [5, 5.41) is 2.42. The fourth-order valence-electron chi connectivity index (χ4n) is 1.86. The number of halogens is 1. The van der Waals surface area contributed by atoms with Gasteiger partial charge in [0.2, 0.25) is 0 Å². The standard InChI is InChI=1S/C16H15FN4O3/c17-13-4-2-1-3-12(13)15(23)21-20-14(22)11-7-5-10(6-8-11)9-19-16(18)24/h1-8H,9H2,(H,20,22)(H,21,23)(H3,18,19,24). The maximum atomic E-state index is 13.4. The zero-order chi connectivity index (χ0) is 17.5. The summed E-state index contributed by atoms with van der Waals surface area (Å²) in [6.07, 6.45) is 0. The van der Waals surface area contributed by atoms with Gasteiger partial charge in [0.05, 0.1) is 5.56 Å². The molecule has 2 rings (SSSR count). The predicted octanol–water partition coefficient (Wildman–Crippen LogP) is 1.07. The molecule has 0 saturated carbocycles. The van der Waals surface area contributed by atoms with Gasteiger partial charge >= 0.3 is 6.03 Å². The van der Waals surface area contributed by atoms with Crippen LogP contribution in [-0.4, -0.2) is 17.8 Å². The molecule has 0 radical (unpaired) electrons. The highest BCUT2D eigenvalue weighted by Crippen LogP contribution is 2.06. The lowest BCUT2D eigenvalue weighted by atomic mass is 10.1. The molecule has 0 aliphatic carbocycles. The molecular formula is C16H15FN4O3. The molecule has 0 bridgehead atoms. The third kappa shape index (κ3) is 4.54. The largest absolute Gasteiger partial charge is 0.352 e. The third-order valence-electron chi connectivity index (χ3n) is 3.09. The monoisotopic (exact) mass is 330 g/mol. The number of primary amides is 1. The van der Waals surface area contributed by atoms with Crippen LogP contribution in [0.4, 0.5) is 9.18 Å². The van der Waals surface area contributed by atoms with Crippen molar-refractivity contribution in [2.24, 2.45) is 5.73 Å². The molecule has 0 aliphatic rings. The number of benzene rings is 2. The number of rotatable bonds is 4. The van der Waals surface area contributed by atoms with E-state index in [-0.39, 0.29) is 17.7 Å². The highest BCUT2D eigenvalue weighted by Gasteiger charge is 2.12. The number of hydrogen-bond donors (Lipinski definition) is 4. The highest BCUT2D eigenvalue weighted by molar-refractivity contribution is 5.99. The summed E-state index contributed by atoms with van der Waals surface area (Å²) in [6, 6.07) is 11.1. The van der Waals surface area contributed by atoms with Crippen LogP contribution in [0.5, 0.6) is 0 Å². The third-order valence-corrected chi connectivity index (χ3v) is 3.09. The van der Waals surface area contributed by atoms with Gasteiger partial charge in [0.25, 0.3) is 11.8 Å². The van der Waals surface area contributed by atoms with Crippen molar-refractivity contribution in [3.63, 3.8) is 0 Å². The minimum absolute atomic E-state index is 0.175. The Kier molecular flexibility index (Phi) is 5.45. The Hall–Kier alpha value is -3.42. The molecule has 0 spiro atoms. The molecule has 4 amide bonds. The van der Waals surface area contributed by atoms with E-state index in [1.807, 2.05) is 0 Å². The minimum atomic E-state index is -0.760. The summed E-state index contributed by atoms with van der Waals surface area (Å²) in [5.41, 5.74) is 10.2. The summed E-state index contributed by atoms with van der Waals surface area (Å²) < 4.78 is 13.4. The van der Waals surface area contributed by atoms with Gasteiger partial charge in [-0.25, -0.2) is 9.18 Å². The number of nitrogens with one attached hydrogen (secondary N) is 3. The second-order valence-corrected chi connectivity index (χ2v) is 4.80. The molecule has 2 aromatic rings. The van der Waals surface area contributed by atoms with Gasteiger partial charge in [-0.2, -0.15) is 0 Å². The zero-order valence-electron chi connectivity index (χ0n) is 12.5. The van der Waals surface area contributed by atoms with E-state index in [4.69, 9.17) is 5.73 Å². The lowest BCUT2D eigenvalue weighted by Crippen LogP contribution is -2.41. The van der Waals surface area contributed by atoms with E-state index in [0.717, 1.165) is 11.6 Å². The van der Waals surface area contributed by atoms with Crippen molar-refractivity contribution in [1.82, 2.24) is 16.2 Å². The second kappa shape index (κ2) is 7.73. The fraction of sp³-hybridized carbons (Fsp3) is 0.0625. The second-order valence-electron chi connectivity index (χ2n) is 4.80. The van der Waals surface area contributed by atoms with Crippen molar-refractivity contribution in [2.45, 2.75) is 6.54 Å². The van der Waals surface area contributed by atoms with Crippen LogP contribution in [0.15, 0.2) is 48.5 Å². The first-order chi connectivity index (χ1) is 11.5. The quantitative estimate of drug-likeness (QED) is 0.629. The normalized spacial score (nSPS) is 9.88. The summed E-state index contributed by atoms with van der Waals surface area (Å²) in [4.78, 5) is 34.3. The Morgan fingerprint density at radius 3 is 2.17 bits per heavy atom. The maximum absolute atomic E-state index is 13.4. The zero-order valence-corrected chi connectivity index (χ0v) is 12.5. The number of urea groups is 1. The molecular weight excluding hydrogens is 315 g/mol. The number of amides is 4. The van der Waals surface area contributed by atoms with E-state index >= 15 is 0 Å². The molecule has 0 unspecified atom stereocenters. The van der Waals surface area contributed by atoms with E-state index < -0.39 is 23.7 Å². The molecule has 0 fully saturated rings. The number of nitrogens with two attached hydrogens (primary N) is 1. The predicted molar refractivity (Wildman–Crippen MR) is 84.2 cm³/mol. The van der Waals surface area contributed by atoms with Crippen LogP contribution in [0.2, 0.25) is 0 Å². The van der Waals surface area contributed by atoms with Gasteiger partial charge in [-0.05, 0) is 29.8 Å². The van der Waals surface area contributed by atoms with Crippen molar-refractivity contribution in [3.05, 3.63) is 71.0 Å². The molecule has 0 aromatic heterocycles. The molecule has 0 heterocycles. The fourth-order valence-corrected chi connectivity index (χ4v) is 1.86. The molecule has 5 N–H and O–H groups in total. The van der Waals surface area contributed by atoms with Crippen LogP contribution in [-0.2, 0) is 6.54 Å².